The lowest BCUT2D eigenvalue weighted by atomic mass is 10.1. The second-order valence-corrected chi connectivity index (χ2v) is 4.46. The van der Waals surface area contributed by atoms with Gasteiger partial charge in [-0.25, -0.2) is 0 Å². The number of tetrazole rings is 1. The molecule has 7 nitrogen and oxygen atoms in total. The molecule has 0 fully saturated rings. The quantitative estimate of drug-likeness (QED) is 0.389. The van der Waals surface area contributed by atoms with Crippen LogP contribution in [-0.4, -0.2) is 36.5 Å². The number of aliphatic hydroxyl groups excluding tert-OH is 1. The average molecular weight is 290 g/mol. The molecule has 0 saturated carbocycles. The number of halogens is 1. The van der Waals surface area contributed by atoms with E-state index in [0.717, 1.165) is 11.6 Å². The van der Waals surface area contributed by atoms with Crippen LogP contribution in [0.25, 0.3) is 16.7 Å². The van der Waals surface area contributed by atoms with E-state index >= 15 is 0 Å². The maximum atomic E-state index is 11.8. The first-order valence-corrected chi connectivity index (χ1v) is 5.98. The summed E-state index contributed by atoms with van der Waals surface area (Å²) >= 11 is 5.92. The summed E-state index contributed by atoms with van der Waals surface area (Å²) in [7, 11) is 0. The Balaban J connectivity index is 2.02. The van der Waals surface area contributed by atoms with Crippen LogP contribution in [0, 0.1) is 0 Å². The lowest BCUT2D eigenvalue weighted by Crippen LogP contribution is -1.99. The number of allylic oxidation sites excluding steroid dienone is 1. The molecule has 3 aromatic rings. The maximum absolute atomic E-state index is 11.8. The molecule has 0 unspecified atom stereocenters. The molecule has 1 aromatic carbocycles. The van der Waals surface area contributed by atoms with E-state index in [1.54, 1.807) is 24.4 Å². The van der Waals surface area contributed by atoms with E-state index in [0.29, 0.717) is 16.0 Å². The summed E-state index contributed by atoms with van der Waals surface area (Å²) in [6, 6.07) is 5.22. The topological polar surface area (TPSA) is 108 Å². The van der Waals surface area contributed by atoms with Crippen LogP contribution in [0.15, 0.2) is 30.5 Å². The van der Waals surface area contributed by atoms with E-state index in [9.17, 15) is 9.90 Å². The van der Waals surface area contributed by atoms with E-state index in [-0.39, 0.29) is 11.6 Å². The fraction of sp³-hybridized carbons (Fsp3) is 0. The fourth-order valence-electron chi connectivity index (χ4n) is 1.84. The van der Waals surface area contributed by atoms with Gasteiger partial charge in [0.2, 0.25) is 11.6 Å². The molecule has 0 aliphatic rings. The third kappa shape index (κ3) is 2.14. The highest BCUT2D eigenvalue weighted by atomic mass is 35.5. The minimum Gasteiger partial charge on any atom is -0.507 e. The molecule has 0 amide bonds. The lowest BCUT2D eigenvalue weighted by Gasteiger charge is -1.98. The number of aliphatic hydroxyl groups is 1. The largest absolute Gasteiger partial charge is 0.507 e. The van der Waals surface area contributed by atoms with E-state index in [1.807, 2.05) is 0 Å². The van der Waals surface area contributed by atoms with Crippen molar-refractivity contribution in [1.29, 1.82) is 0 Å². The van der Waals surface area contributed by atoms with Gasteiger partial charge in [0.25, 0.3) is 0 Å². The molecule has 3 N–H and O–H groups in total. The van der Waals surface area contributed by atoms with Crippen LogP contribution in [0.5, 0.6) is 0 Å². The molecule has 100 valence electrons. The number of benzene rings is 1. The molecular weight excluding hydrogens is 282 g/mol. The van der Waals surface area contributed by atoms with Crippen LogP contribution in [0.1, 0.15) is 16.2 Å². The molecule has 0 radical (unpaired) electrons. The van der Waals surface area contributed by atoms with Gasteiger partial charge in [-0.15, -0.1) is 10.2 Å². The number of hydrogen-bond acceptors (Lipinski definition) is 5. The smallest absolute Gasteiger partial charge is 0.244 e. The van der Waals surface area contributed by atoms with Gasteiger partial charge in [0.1, 0.15) is 5.76 Å². The molecule has 20 heavy (non-hydrogen) atoms. The molecule has 0 aliphatic carbocycles. The van der Waals surface area contributed by atoms with Gasteiger partial charge in [0, 0.05) is 33.8 Å². The number of aromatic amines is 2. The molecule has 2 heterocycles. The lowest BCUT2D eigenvalue weighted by molar-refractivity contribution is 0.103. The van der Waals surface area contributed by atoms with Crippen LogP contribution in [0.4, 0.5) is 0 Å². The van der Waals surface area contributed by atoms with Crippen LogP contribution in [0.3, 0.4) is 0 Å². The molecule has 0 atom stereocenters. The SMILES string of the molecule is O=C(C=C(O)c1c[nH]c2ccc(Cl)cc12)c1nn[nH]n1. The Labute approximate surface area is 117 Å². The summed E-state index contributed by atoms with van der Waals surface area (Å²) in [6.07, 6.45) is 2.63. The highest BCUT2D eigenvalue weighted by Gasteiger charge is 2.13. The van der Waals surface area contributed by atoms with Crippen LogP contribution in [0.2, 0.25) is 5.02 Å². The monoisotopic (exact) mass is 289 g/mol. The van der Waals surface area contributed by atoms with Crippen molar-refractivity contribution >= 4 is 34.0 Å². The van der Waals surface area contributed by atoms with Gasteiger partial charge in [0.15, 0.2) is 0 Å². The Morgan fingerprint density at radius 1 is 1.40 bits per heavy atom. The molecule has 0 bridgehead atoms. The average Bonchev–Trinajstić information content (AvgIpc) is 3.07. The van der Waals surface area contributed by atoms with E-state index < -0.39 is 5.78 Å². The van der Waals surface area contributed by atoms with Crippen molar-refractivity contribution in [3.63, 3.8) is 0 Å². The summed E-state index contributed by atoms with van der Waals surface area (Å²) in [5.74, 6) is -0.865. The Kier molecular flexibility index (Phi) is 2.96. The first-order chi connectivity index (χ1) is 9.65. The van der Waals surface area contributed by atoms with Gasteiger partial charge >= 0.3 is 0 Å². The Hall–Kier alpha value is -2.67. The van der Waals surface area contributed by atoms with Gasteiger partial charge < -0.3 is 10.1 Å². The second kappa shape index (κ2) is 4.78. The molecule has 8 heteroatoms. The standard InChI is InChI=1S/C12H8ClN5O2/c13-6-1-2-9-7(3-6)8(5-14-9)10(19)4-11(20)12-15-17-18-16-12/h1-5,14,19H,(H,15,16,17,18). The van der Waals surface area contributed by atoms with Gasteiger partial charge in [-0.3, -0.25) is 4.79 Å². The normalized spacial score (nSPS) is 11.9. The Morgan fingerprint density at radius 3 is 3.00 bits per heavy atom. The summed E-state index contributed by atoms with van der Waals surface area (Å²) in [5.41, 5.74) is 1.27. The first kappa shape index (κ1) is 12.4. The van der Waals surface area contributed by atoms with Crippen LogP contribution < -0.4 is 0 Å². The van der Waals surface area contributed by atoms with Crippen molar-refractivity contribution in [1.82, 2.24) is 25.6 Å². The Morgan fingerprint density at radius 2 is 2.25 bits per heavy atom. The summed E-state index contributed by atoms with van der Waals surface area (Å²) in [5, 5.41) is 23.9. The highest BCUT2D eigenvalue weighted by molar-refractivity contribution is 6.31. The summed E-state index contributed by atoms with van der Waals surface area (Å²) in [6.45, 7) is 0. The van der Waals surface area contributed by atoms with Gasteiger partial charge in [0.05, 0.1) is 0 Å². The number of ketones is 1. The maximum Gasteiger partial charge on any atom is 0.244 e. The van der Waals surface area contributed by atoms with Crippen molar-refractivity contribution in [2.24, 2.45) is 0 Å². The van der Waals surface area contributed by atoms with Gasteiger partial charge in [-0.05, 0) is 23.4 Å². The number of carbonyl (C=O) groups is 1. The van der Waals surface area contributed by atoms with Crippen LogP contribution >= 0.6 is 11.6 Å². The third-order valence-corrected chi connectivity index (χ3v) is 2.99. The van der Waals surface area contributed by atoms with Crippen molar-refractivity contribution in [2.75, 3.05) is 0 Å². The molecule has 0 saturated heterocycles. The number of nitrogens with zero attached hydrogens (tertiary/aromatic N) is 3. The first-order valence-electron chi connectivity index (χ1n) is 5.60. The minimum atomic E-state index is -0.548. The predicted molar refractivity (Wildman–Crippen MR) is 72.4 cm³/mol. The fourth-order valence-corrected chi connectivity index (χ4v) is 2.01. The van der Waals surface area contributed by atoms with Crippen molar-refractivity contribution in [3.05, 3.63) is 46.9 Å². The van der Waals surface area contributed by atoms with Crippen LogP contribution in [-0.2, 0) is 0 Å². The summed E-state index contributed by atoms with van der Waals surface area (Å²) in [4.78, 5) is 14.7. The second-order valence-electron chi connectivity index (χ2n) is 4.02. The summed E-state index contributed by atoms with van der Waals surface area (Å²) < 4.78 is 0. The van der Waals surface area contributed by atoms with Crippen molar-refractivity contribution < 1.29 is 9.90 Å². The van der Waals surface area contributed by atoms with Gasteiger partial charge in [-0.2, -0.15) is 5.21 Å². The number of aromatic nitrogens is 5. The van der Waals surface area contributed by atoms with Crippen molar-refractivity contribution in [3.8, 4) is 0 Å². The zero-order valence-electron chi connectivity index (χ0n) is 9.96. The number of nitrogens with one attached hydrogen (secondary N) is 2. The van der Waals surface area contributed by atoms with Crippen molar-refractivity contribution in [2.45, 2.75) is 0 Å². The molecular formula is C12H8ClN5O2. The molecule has 0 spiro atoms. The number of fused-ring (bicyclic) bond motifs is 1. The highest BCUT2D eigenvalue weighted by Crippen LogP contribution is 2.26. The molecule has 2 aromatic heterocycles. The van der Waals surface area contributed by atoms with E-state index in [2.05, 4.69) is 25.6 Å². The number of H-pyrrole nitrogens is 2. The number of rotatable bonds is 3. The predicted octanol–water partition coefficient (Wildman–Crippen LogP) is 2.12. The van der Waals surface area contributed by atoms with E-state index in [4.69, 9.17) is 11.6 Å². The molecule has 3 rings (SSSR count). The zero-order valence-corrected chi connectivity index (χ0v) is 10.7. The zero-order chi connectivity index (χ0) is 14.1. The van der Waals surface area contributed by atoms with Gasteiger partial charge in [-0.1, -0.05) is 11.6 Å². The minimum absolute atomic E-state index is 0.116. The number of hydrogen-bond donors (Lipinski definition) is 3. The van der Waals surface area contributed by atoms with E-state index in [1.165, 1.54) is 0 Å². The third-order valence-electron chi connectivity index (χ3n) is 2.75. The Bertz CT molecular complexity index is 806. The number of carbonyl (C=O) groups excluding carboxylic acids is 1. The molecule has 0 aliphatic heterocycles.